The summed E-state index contributed by atoms with van der Waals surface area (Å²) in [5, 5.41) is 0. The van der Waals surface area contributed by atoms with Gasteiger partial charge in [0.2, 0.25) is 5.91 Å². The van der Waals surface area contributed by atoms with E-state index in [-0.39, 0.29) is 11.8 Å². The topological polar surface area (TPSA) is 80.7 Å². The van der Waals surface area contributed by atoms with Crippen molar-refractivity contribution in [2.75, 3.05) is 44.3 Å². The fourth-order valence-electron chi connectivity index (χ4n) is 5.27. The Morgan fingerprint density at radius 1 is 1.09 bits per heavy atom. The molecule has 0 aromatic carbocycles. The first kappa shape index (κ1) is 21.5. The normalized spacial score (nSPS) is 23.2. The highest BCUT2D eigenvalue weighted by Gasteiger charge is 2.42. The van der Waals surface area contributed by atoms with Crippen LogP contribution in [0, 0.1) is 5.92 Å². The van der Waals surface area contributed by atoms with Gasteiger partial charge in [-0.25, -0.2) is 15.0 Å². The number of aryl methyl sites for hydroxylation is 2. The summed E-state index contributed by atoms with van der Waals surface area (Å²) in [7, 11) is 0. The van der Waals surface area contributed by atoms with Gasteiger partial charge < -0.3 is 19.3 Å². The van der Waals surface area contributed by atoms with Crippen LogP contribution in [0.5, 0.6) is 0 Å². The van der Waals surface area contributed by atoms with Crippen LogP contribution in [0.1, 0.15) is 50.9 Å². The third kappa shape index (κ3) is 4.06. The number of aromatic nitrogens is 3. The van der Waals surface area contributed by atoms with E-state index in [0.29, 0.717) is 32.0 Å². The van der Waals surface area contributed by atoms with Crippen molar-refractivity contribution in [2.24, 2.45) is 5.92 Å². The van der Waals surface area contributed by atoms with Crippen LogP contribution in [0.25, 0.3) is 11.2 Å². The predicted molar refractivity (Wildman–Crippen MR) is 121 cm³/mol. The Labute approximate surface area is 189 Å². The van der Waals surface area contributed by atoms with Crippen LogP contribution in [-0.4, -0.2) is 70.9 Å². The maximum absolute atomic E-state index is 13.3. The Morgan fingerprint density at radius 2 is 1.81 bits per heavy atom. The summed E-state index contributed by atoms with van der Waals surface area (Å²) in [5.41, 5.74) is 4.64. The molecule has 5 rings (SSSR count). The van der Waals surface area contributed by atoms with E-state index < -0.39 is 5.79 Å². The van der Waals surface area contributed by atoms with Crippen molar-refractivity contribution >= 4 is 22.8 Å². The number of hydrogen-bond donors (Lipinski definition) is 0. The van der Waals surface area contributed by atoms with E-state index in [2.05, 4.69) is 29.8 Å². The molecular weight excluding hydrogens is 406 g/mol. The van der Waals surface area contributed by atoms with Crippen LogP contribution in [0.4, 0.5) is 5.69 Å². The quantitative estimate of drug-likeness (QED) is 0.725. The minimum Gasteiger partial charge on any atom is -0.369 e. The molecule has 0 aliphatic carbocycles. The molecule has 3 saturated heterocycles. The lowest BCUT2D eigenvalue weighted by Crippen LogP contribution is -2.51. The van der Waals surface area contributed by atoms with Crippen LogP contribution in [-0.2, 0) is 27.1 Å². The molecule has 0 saturated carbocycles. The number of likely N-dealkylation sites (tertiary alicyclic amines) is 1. The zero-order chi connectivity index (χ0) is 22.1. The van der Waals surface area contributed by atoms with Crippen LogP contribution in [0.3, 0.4) is 0 Å². The van der Waals surface area contributed by atoms with E-state index in [1.165, 1.54) is 0 Å². The number of ether oxygens (including phenoxy) is 2. The summed E-state index contributed by atoms with van der Waals surface area (Å²) in [6.45, 7) is 8.61. The second-order valence-corrected chi connectivity index (χ2v) is 9.08. The van der Waals surface area contributed by atoms with Gasteiger partial charge in [0.15, 0.2) is 11.4 Å². The van der Waals surface area contributed by atoms with E-state index >= 15 is 0 Å². The highest BCUT2D eigenvalue weighted by molar-refractivity contribution is 5.80. The fourth-order valence-corrected chi connectivity index (χ4v) is 5.27. The Balaban J connectivity index is 1.28. The van der Waals surface area contributed by atoms with Crippen molar-refractivity contribution in [1.29, 1.82) is 0 Å². The number of fused-ring (bicyclic) bond motifs is 1. The van der Waals surface area contributed by atoms with Gasteiger partial charge in [-0.1, -0.05) is 13.8 Å². The summed E-state index contributed by atoms with van der Waals surface area (Å²) >= 11 is 0. The van der Waals surface area contributed by atoms with Gasteiger partial charge in [-0.15, -0.1) is 0 Å². The lowest BCUT2D eigenvalue weighted by atomic mass is 9.94. The third-order valence-corrected chi connectivity index (χ3v) is 7.12. The van der Waals surface area contributed by atoms with Gasteiger partial charge in [0.1, 0.15) is 5.52 Å². The molecule has 0 N–H and O–H groups in total. The Morgan fingerprint density at radius 3 is 2.53 bits per heavy atom. The second-order valence-electron chi connectivity index (χ2n) is 9.08. The summed E-state index contributed by atoms with van der Waals surface area (Å²) < 4.78 is 11.6. The highest BCUT2D eigenvalue weighted by Crippen LogP contribution is 2.33. The maximum atomic E-state index is 13.3. The van der Waals surface area contributed by atoms with Crippen molar-refractivity contribution in [1.82, 2.24) is 19.9 Å². The first-order valence-corrected chi connectivity index (χ1v) is 12.1. The van der Waals surface area contributed by atoms with E-state index in [1.807, 2.05) is 11.1 Å². The molecule has 2 aromatic rings. The zero-order valence-corrected chi connectivity index (χ0v) is 19.2. The average molecular weight is 440 g/mol. The van der Waals surface area contributed by atoms with Gasteiger partial charge in [0.05, 0.1) is 42.4 Å². The molecule has 1 atom stereocenters. The van der Waals surface area contributed by atoms with E-state index in [0.717, 1.165) is 74.2 Å². The Bertz CT molecular complexity index is 981. The van der Waals surface area contributed by atoms with Gasteiger partial charge in [0, 0.05) is 39.0 Å². The molecule has 2 aromatic heterocycles. The smallest absolute Gasteiger partial charge is 0.227 e. The van der Waals surface area contributed by atoms with Crippen molar-refractivity contribution in [3.63, 3.8) is 0 Å². The molecule has 3 aliphatic heterocycles. The lowest BCUT2D eigenvalue weighted by molar-refractivity contribution is -0.188. The standard InChI is InChI=1S/C24H33N5O3/c1-3-19-20(4-2)27-22-21(26-19)14-18(15-25-22)29-9-5-6-17(16-29)23(30)28-10-7-24(8-11-28)31-12-13-32-24/h14-15,17H,3-13,16H2,1-2H3. The Hall–Kier alpha value is -2.32. The molecule has 1 amide bonds. The number of nitrogens with zero attached hydrogens (tertiary/aromatic N) is 5. The maximum Gasteiger partial charge on any atom is 0.227 e. The van der Waals surface area contributed by atoms with E-state index in [9.17, 15) is 4.79 Å². The lowest BCUT2D eigenvalue weighted by Gasteiger charge is -2.41. The summed E-state index contributed by atoms with van der Waals surface area (Å²) in [6, 6.07) is 2.08. The van der Waals surface area contributed by atoms with Gasteiger partial charge in [-0.2, -0.15) is 0 Å². The number of carbonyl (C=O) groups excluding carboxylic acids is 1. The number of rotatable bonds is 4. The van der Waals surface area contributed by atoms with Gasteiger partial charge >= 0.3 is 0 Å². The van der Waals surface area contributed by atoms with Crippen LogP contribution in [0.2, 0.25) is 0 Å². The summed E-state index contributed by atoms with van der Waals surface area (Å²) in [6.07, 6.45) is 7.08. The molecule has 1 spiro atoms. The van der Waals surface area contributed by atoms with Crippen molar-refractivity contribution in [3.8, 4) is 0 Å². The molecule has 0 bridgehead atoms. The van der Waals surface area contributed by atoms with Crippen molar-refractivity contribution in [2.45, 2.75) is 58.2 Å². The van der Waals surface area contributed by atoms with Gasteiger partial charge in [-0.05, 0) is 31.7 Å². The van der Waals surface area contributed by atoms with Crippen LogP contribution in [0.15, 0.2) is 12.3 Å². The second kappa shape index (κ2) is 8.90. The molecule has 3 fully saturated rings. The number of carbonyl (C=O) groups is 1. The summed E-state index contributed by atoms with van der Waals surface area (Å²) in [5.74, 6) is -0.169. The minimum absolute atomic E-state index is 0.0127. The molecule has 3 aliphatic rings. The number of piperidine rings is 2. The molecule has 8 heteroatoms. The van der Waals surface area contributed by atoms with Gasteiger partial charge in [-0.3, -0.25) is 4.79 Å². The molecular formula is C24H33N5O3. The molecule has 0 radical (unpaired) electrons. The molecule has 172 valence electrons. The van der Waals surface area contributed by atoms with Crippen LogP contribution < -0.4 is 4.90 Å². The Kier molecular flexibility index (Phi) is 5.99. The SMILES string of the molecule is CCc1nc2cc(N3CCCC(C(=O)N4CCC5(CC4)OCCO5)C3)cnc2nc1CC. The van der Waals surface area contributed by atoms with Gasteiger partial charge in [0.25, 0.3) is 0 Å². The average Bonchev–Trinajstić information content (AvgIpc) is 3.30. The number of anilines is 1. The largest absolute Gasteiger partial charge is 0.369 e. The molecule has 5 heterocycles. The van der Waals surface area contributed by atoms with E-state index in [1.54, 1.807) is 0 Å². The van der Waals surface area contributed by atoms with E-state index in [4.69, 9.17) is 19.4 Å². The third-order valence-electron chi connectivity index (χ3n) is 7.12. The molecule has 1 unspecified atom stereocenters. The number of hydrogen-bond acceptors (Lipinski definition) is 7. The first-order valence-electron chi connectivity index (χ1n) is 12.1. The summed E-state index contributed by atoms with van der Waals surface area (Å²) in [4.78, 5) is 31.7. The number of pyridine rings is 1. The fraction of sp³-hybridized carbons (Fsp3) is 0.667. The van der Waals surface area contributed by atoms with Crippen molar-refractivity contribution < 1.29 is 14.3 Å². The molecule has 8 nitrogen and oxygen atoms in total. The number of amides is 1. The van der Waals surface area contributed by atoms with Crippen LogP contribution >= 0.6 is 0 Å². The monoisotopic (exact) mass is 439 g/mol. The minimum atomic E-state index is -0.442. The predicted octanol–water partition coefficient (Wildman–Crippen LogP) is 2.73. The molecule has 32 heavy (non-hydrogen) atoms. The zero-order valence-electron chi connectivity index (χ0n) is 19.2. The highest BCUT2D eigenvalue weighted by atomic mass is 16.7. The van der Waals surface area contributed by atoms with Crippen molar-refractivity contribution in [3.05, 3.63) is 23.7 Å². The first-order chi connectivity index (χ1) is 15.6.